The third kappa shape index (κ3) is 3.62. The Labute approximate surface area is 152 Å². The van der Waals surface area contributed by atoms with Crippen LogP contribution in [0.15, 0.2) is 35.5 Å². The minimum absolute atomic E-state index is 0.00509. The number of hydrogen-bond donors (Lipinski definition) is 1. The summed E-state index contributed by atoms with van der Waals surface area (Å²) in [5, 5.41) is 9.29. The highest BCUT2D eigenvalue weighted by atomic mass is 32.2. The van der Waals surface area contributed by atoms with Gasteiger partial charge in [0.2, 0.25) is 5.95 Å². The second-order valence-electron chi connectivity index (χ2n) is 6.24. The zero-order valence-corrected chi connectivity index (χ0v) is 15.4. The Balaban J connectivity index is 1.90. The first-order chi connectivity index (χ1) is 12.3. The number of aryl methyl sites for hydroxylation is 1. The minimum Gasteiger partial charge on any atom is -0.478 e. The van der Waals surface area contributed by atoms with E-state index in [4.69, 9.17) is 0 Å². The van der Waals surface area contributed by atoms with Crippen LogP contribution in [0.2, 0.25) is 0 Å². The summed E-state index contributed by atoms with van der Waals surface area (Å²) in [7, 11) is -3.56. The fourth-order valence-corrected chi connectivity index (χ4v) is 3.95. The third-order valence-electron chi connectivity index (χ3n) is 4.39. The lowest BCUT2D eigenvalue weighted by Crippen LogP contribution is -2.47. The molecule has 26 heavy (non-hydrogen) atoms. The molecule has 2 aromatic rings. The van der Waals surface area contributed by atoms with Gasteiger partial charge in [0.15, 0.2) is 9.84 Å². The summed E-state index contributed by atoms with van der Waals surface area (Å²) in [5.41, 5.74) is 1.09. The van der Waals surface area contributed by atoms with Crippen LogP contribution in [0.5, 0.6) is 0 Å². The number of sulfone groups is 1. The average molecular weight is 376 g/mol. The monoisotopic (exact) mass is 376 g/mol. The largest absolute Gasteiger partial charge is 0.478 e. The summed E-state index contributed by atoms with van der Waals surface area (Å²) in [4.78, 5) is 23.9. The van der Waals surface area contributed by atoms with Gasteiger partial charge in [0.1, 0.15) is 0 Å². The van der Waals surface area contributed by atoms with E-state index in [1.165, 1.54) is 6.07 Å². The van der Waals surface area contributed by atoms with Crippen molar-refractivity contribution in [2.75, 3.05) is 42.2 Å². The van der Waals surface area contributed by atoms with Crippen molar-refractivity contribution in [3.63, 3.8) is 0 Å². The van der Waals surface area contributed by atoms with Gasteiger partial charge in [-0.3, -0.25) is 0 Å². The van der Waals surface area contributed by atoms with E-state index in [9.17, 15) is 18.3 Å². The molecule has 1 N–H and O–H groups in total. The van der Waals surface area contributed by atoms with Gasteiger partial charge in [0, 0.05) is 44.8 Å². The highest BCUT2D eigenvalue weighted by molar-refractivity contribution is 7.90. The molecule has 3 rings (SSSR count). The van der Waals surface area contributed by atoms with E-state index in [0.717, 1.165) is 6.26 Å². The molecule has 1 aliphatic heterocycles. The maximum atomic E-state index is 12.2. The van der Waals surface area contributed by atoms with Gasteiger partial charge in [-0.15, -0.1) is 0 Å². The molecule has 138 valence electrons. The van der Waals surface area contributed by atoms with Crippen LogP contribution in [0.25, 0.3) is 0 Å². The van der Waals surface area contributed by atoms with Crippen LogP contribution >= 0.6 is 0 Å². The number of piperazine rings is 1. The van der Waals surface area contributed by atoms with Gasteiger partial charge in [-0.2, -0.15) is 0 Å². The number of carbonyl (C=O) groups is 1. The predicted octanol–water partition coefficient (Wildman–Crippen LogP) is 1.21. The molecule has 0 radical (unpaired) electrons. The first-order valence-electron chi connectivity index (χ1n) is 8.12. The molecule has 0 saturated carbocycles. The number of aromatic carboxylic acids is 1. The summed E-state index contributed by atoms with van der Waals surface area (Å²) < 4.78 is 24.4. The summed E-state index contributed by atoms with van der Waals surface area (Å²) in [6, 6.07) is 4.66. The maximum absolute atomic E-state index is 12.2. The maximum Gasteiger partial charge on any atom is 0.335 e. The molecular weight excluding hydrogens is 356 g/mol. The number of anilines is 2. The first kappa shape index (κ1) is 18.1. The number of nitrogens with zero attached hydrogens (tertiary/aromatic N) is 4. The molecule has 1 saturated heterocycles. The second kappa shape index (κ2) is 6.91. The Bertz CT molecular complexity index is 923. The molecule has 0 aliphatic carbocycles. The molecular formula is C17H20N4O4S. The van der Waals surface area contributed by atoms with Crippen LogP contribution in [0, 0.1) is 6.92 Å². The molecule has 0 unspecified atom stereocenters. The van der Waals surface area contributed by atoms with Crippen molar-refractivity contribution in [1.82, 2.24) is 9.97 Å². The molecule has 2 heterocycles. The van der Waals surface area contributed by atoms with Crippen molar-refractivity contribution >= 4 is 27.4 Å². The summed E-state index contributed by atoms with van der Waals surface area (Å²) >= 11 is 0. The zero-order valence-electron chi connectivity index (χ0n) is 14.6. The van der Waals surface area contributed by atoms with Gasteiger partial charge in [0.25, 0.3) is 0 Å². The van der Waals surface area contributed by atoms with Gasteiger partial charge in [-0.1, -0.05) is 0 Å². The fraction of sp³-hybridized carbons (Fsp3) is 0.353. The number of aromatic nitrogens is 2. The number of carboxylic acid groups (broad SMARTS) is 1. The van der Waals surface area contributed by atoms with Crippen molar-refractivity contribution < 1.29 is 18.3 Å². The van der Waals surface area contributed by atoms with Crippen molar-refractivity contribution in [2.45, 2.75) is 11.8 Å². The van der Waals surface area contributed by atoms with Crippen LogP contribution in [0.3, 0.4) is 0 Å². The minimum atomic E-state index is -3.56. The fourth-order valence-electron chi connectivity index (χ4n) is 3.05. The number of carboxylic acids is 1. The van der Waals surface area contributed by atoms with Crippen LogP contribution in [0.4, 0.5) is 11.6 Å². The highest BCUT2D eigenvalue weighted by Gasteiger charge is 2.25. The second-order valence-corrected chi connectivity index (χ2v) is 8.22. The van der Waals surface area contributed by atoms with Gasteiger partial charge in [-0.05, 0) is 30.7 Å². The number of rotatable bonds is 4. The molecule has 0 bridgehead atoms. The molecule has 1 fully saturated rings. The lowest BCUT2D eigenvalue weighted by molar-refractivity contribution is 0.0696. The Morgan fingerprint density at radius 1 is 1.08 bits per heavy atom. The van der Waals surface area contributed by atoms with Crippen LogP contribution in [-0.4, -0.2) is 61.9 Å². The van der Waals surface area contributed by atoms with Gasteiger partial charge < -0.3 is 14.9 Å². The Morgan fingerprint density at radius 2 is 1.65 bits per heavy atom. The van der Waals surface area contributed by atoms with E-state index in [1.54, 1.807) is 31.5 Å². The lowest BCUT2D eigenvalue weighted by Gasteiger charge is -2.37. The standard InChI is InChI=1S/C17H20N4O4S/c1-12-10-14(15(26(2,24)25)11-13(12)16(22)23)20-6-8-21(9-7-20)17-18-4-3-5-19-17/h3-5,10-11H,6-9H2,1-2H3,(H,22,23). The van der Waals surface area contributed by atoms with Gasteiger partial charge >= 0.3 is 5.97 Å². The predicted molar refractivity (Wildman–Crippen MR) is 97.7 cm³/mol. The average Bonchev–Trinajstić information content (AvgIpc) is 2.61. The third-order valence-corrected chi connectivity index (χ3v) is 5.52. The normalized spacial score (nSPS) is 15.2. The number of benzene rings is 1. The molecule has 1 aromatic carbocycles. The van der Waals surface area contributed by atoms with Crippen molar-refractivity contribution in [2.24, 2.45) is 0 Å². The summed E-state index contributed by atoms with van der Waals surface area (Å²) in [6.45, 7) is 4.15. The zero-order chi connectivity index (χ0) is 18.9. The van der Waals surface area contributed by atoms with Gasteiger partial charge in [-0.25, -0.2) is 23.2 Å². The lowest BCUT2D eigenvalue weighted by atomic mass is 10.1. The topological polar surface area (TPSA) is 104 Å². The molecule has 8 nitrogen and oxygen atoms in total. The van der Waals surface area contributed by atoms with Crippen LogP contribution in [-0.2, 0) is 9.84 Å². The first-order valence-corrected chi connectivity index (χ1v) is 10.0. The SMILES string of the molecule is Cc1cc(N2CCN(c3ncccn3)CC2)c(S(C)(=O)=O)cc1C(=O)O. The van der Waals surface area contributed by atoms with E-state index in [-0.39, 0.29) is 10.5 Å². The van der Waals surface area contributed by atoms with E-state index in [1.807, 2.05) is 9.80 Å². The van der Waals surface area contributed by atoms with Crippen molar-refractivity contribution in [1.29, 1.82) is 0 Å². The quantitative estimate of drug-likeness (QED) is 0.849. The van der Waals surface area contributed by atoms with Crippen LogP contribution in [0.1, 0.15) is 15.9 Å². The molecule has 1 aliphatic rings. The summed E-state index contributed by atoms with van der Waals surface area (Å²) in [5.74, 6) is -0.488. The van der Waals surface area contributed by atoms with E-state index >= 15 is 0 Å². The van der Waals surface area contributed by atoms with E-state index in [2.05, 4.69) is 9.97 Å². The van der Waals surface area contributed by atoms with Gasteiger partial charge in [0.05, 0.1) is 16.1 Å². The van der Waals surface area contributed by atoms with Crippen LogP contribution < -0.4 is 9.80 Å². The summed E-state index contributed by atoms with van der Waals surface area (Å²) in [6.07, 6.45) is 4.47. The van der Waals surface area contributed by atoms with Crippen molar-refractivity contribution in [3.8, 4) is 0 Å². The smallest absolute Gasteiger partial charge is 0.335 e. The molecule has 0 amide bonds. The van der Waals surface area contributed by atoms with Crippen molar-refractivity contribution in [3.05, 3.63) is 41.7 Å². The van der Waals surface area contributed by atoms with E-state index in [0.29, 0.717) is 43.4 Å². The van der Waals surface area contributed by atoms with E-state index < -0.39 is 15.8 Å². The number of hydrogen-bond acceptors (Lipinski definition) is 7. The molecule has 0 spiro atoms. The molecule has 1 aromatic heterocycles. The Hall–Kier alpha value is -2.68. The molecule has 0 atom stereocenters. The molecule has 9 heteroatoms. The Kier molecular flexibility index (Phi) is 4.82. The highest BCUT2D eigenvalue weighted by Crippen LogP contribution is 2.30. The Morgan fingerprint density at radius 3 is 2.19 bits per heavy atom.